The first kappa shape index (κ1) is 17.2. The molecule has 3 heterocycles. The van der Waals surface area contributed by atoms with E-state index in [-0.39, 0.29) is 17.8 Å². The van der Waals surface area contributed by atoms with Crippen LogP contribution in [-0.4, -0.2) is 58.4 Å². The van der Waals surface area contributed by atoms with E-state index in [0.717, 1.165) is 6.54 Å². The van der Waals surface area contributed by atoms with E-state index in [9.17, 15) is 9.18 Å². The third-order valence-electron chi connectivity index (χ3n) is 4.27. The minimum atomic E-state index is -0.326. The predicted octanol–water partition coefficient (Wildman–Crippen LogP) is 1.59. The quantitative estimate of drug-likeness (QED) is 0.893. The van der Waals surface area contributed by atoms with Gasteiger partial charge in [0.15, 0.2) is 11.6 Å². The second-order valence-corrected chi connectivity index (χ2v) is 6.30. The molecule has 0 bridgehead atoms. The Morgan fingerprint density at radius 3 is 2.76 bits per heavy atom. The first-order valence-electron chi connectivity index (χ1n) is 8.49. The zero-order valence-electron chi connectivity index (χ0n) is 14.3. The lowest BCUT2D eigenvalue weighted by Gasteiger charge is -2.35. The second kappa shape index (κ2) is 7.96. The van der Waals surface area contributed by atoms with Gasteiger partial charge in [-0.15, -0.1) is 0 Å². The van der Waals surface area contributed by atoms with Gasteiger partial charge in [-0.2, -0.15) is 5.10 Å². The summed E-state index contributed by atoms with van der Waals surface area (Å²) in [6.45, 7) is 5.68. The zero-order chi connectivity index (χ0) is 17.6. The van der Waals surface area contributed by atoms with Crippen molar-refractivity contribution < 1.29 is 9.18 Å². The number of urea groups is 1. The number of nitrogens with zero attached hydrogens (tertiary/aromatic N) is 5. The Kier molecular flexibility index (Phi) is 5.47. The van der Waals surface area contributed by atoms with E-state index in [1.807, 2.05) is 21.8 Å². The molecule has 0 radical (unpaired) electrons. The van der Waals surface area contributed by atoms with Crippen LogP contribution in [0.15, 0.2) is 36.8 Å². The molecule has 8 heteroatoms. The van der Waals surface area contributed by atoms with Crippen LogP contribution in [-0.2, 0) is 6.54 Å². The molecule has 0 saturated carbocycles. The molecule has 1 saturated heterocycles. The lowest BCUT2D eigenvalue weighted by Crippen LogP contribution is -2.52. The van der Waals surface area contributed by atoms with Gasteiger partial charge in [0, 0.05) is 57.9 Å². The van der Waals surface area contributed by atoms with Crippen molar-refractivity contribution >= 4 is 11.8 Å². The number of nitrogens with one attached hydrogen (secondary N) is 1. The highest BCUT2D eigenvalue weighted by molar-refractivity contribution is 5.74. The first-order valence-corrected chi connectivity index (χ1v) is 8.49. The fourth-order valence-electron chi connectivity index (χ4n) is 2.90. The summed E-state index contributed by atoms with van der Waals surface area (Å²) < 4.78 is 15.6. The Morgan fingerprint density at radius 2 is 2.08 bits per heavy atom. The van der Waals surface area contributed by atoms with E-state index in [2.05, 4.69) is 22.3 Å². The van der Waals surface area contributed by atoms with Crippen LogP contribution in [0.3, 0.4) is 0 Å². The number of hydrogen-bond donors (Lipinski definition) is 1. The summed E-state index contributed by atoms with van der Waals surface area (Å²) in [5.41, 5.74) is 0. The third kappa shape index (κ3) is 4.46. The van der Waals surface area contributed by atoms with Crippen molar-refractivity contribution in [2.75, 3.05) is 37.6 Å². The van der Waals surface area contributed by atoms with Gasteiger partial charge in [-0.1, -0.05) is 6.92 Å². The van der Waals surface area contributed by atoms with Gasteiger partial charge >= 0.3 is 6.03 Å². The number of pyridine rings is 1. The molecule has 2 aromatic heterocycles. The van der Waals surface area contributed by atoms with E-state index in [0.29, 0.717) is 38.5 Å². The highest BCUT2D eigenvalue weighted by atomic mass is 19.1. The fraction of sp³-hybridized carbons (Fsp3) is 0.471. The molecule has 0 aromatic carbocycles. The number of aromatic nitrogens is 3. The van der Waals surface area contributed by atoms with Gasteiger partial charge < -0.3 is 15.1 Å². The summed E-state index contributed by atoms with van der Waals surface area (Å²) in [7, 11) is 0. The van der Waals surface area contributed by atoms with E-state index >= 15 is 0 Å². The number of halogens is 1. The maximum atomic E-state index is 13.8. The second-order valence-electron chi connectivity index (χ2n) is 6.30. The van der Waals surface area contributed by atoms with Crippen LogP contribution in [0.5, 0.6) is 0 Å². The molecule has 0 spiro atoms. The topological polar surface area (TPSA) is 66.3 Å². The number of amides is 2. The molecule has 25 heavy (non-hydrogen) atoms. The van der Waals surface area contributed by atoms with Crippen molar-refractivity contribution in [1.82, 2.24) is 25.0 Å². The van der Waals surface area contributed by atoms with Crippen LogP contribution < -0.4 is 10.2 Å². The lowest BCUT2D eigenvalue weighted by molar-refractivity contribution is 0.192. The van der Waals surface area contributed by atoms with Crippen LogP contribution in [0, 0.1) is 11.7 Å². The van der Waals surface area contributed by atoms with Crippen LogP contribution in [0.25, 0.3) is 0 Å². The van der Waals surface area contributed by atoms with Crippen molar-refractivity contribution in [3.05, 3.63) is 42.6 Å². The molecule has 2 aromatic rings. The number of hydrogen-bond acceptors (Lipinski definition) is 4. The number of anilines is 1. The van der Waals surface area contributed by atoms with Gasteiger partial charge in [0.05, 0.1) is 0 Å². The van der Waals surface area contributed by atoms with Gasteiger partial charge in [0.2, 0.25) is 0 Å². The summed E-state index contributed by atoms with van der Waals surface area (Å²) in [4.78, 5) is 20.0. The molecule has 0 aliphatic carbocycles. The van der Waals surface area contributed by atoms with E-state index in [1.165, 1.54) is 6.07 Å². The molecular weight excluding hydrogens is 323 g/mol. The Balaban J connectivity index is 1.43. The van der Waals surface area contributed by atoms with Crippen molar-refractivity contribution in [2.24, 2.45) is 5.92 Å². The maximum absolute atomic E-state index is 13.8. The van der Waals surface area contributed by atoms with E-state index < -0.39 is 0 Å². The molecule has 1 atom stereocenters. The highest BCUT2D eigenvalue weighted by Crippen LogP contribution is 2.17. The van der Waals surface area contributed by atoms with Gasteiger partial charge in [-0.25, -0.2) is 14.2 Å². The maximum Gasteiger partial charge on any atom is 0.317 e. The smallest absolute Gasteiger partial charge is 0.317 e. The first-order chi connectivity index (χ1) is 12.1. The molecule has 1 aliphatic heterocycles. The third-order valence-corrected chi connectivity index (χ3v) is 4.27. The van der Waals surface area contributed by atoms with Crippen LogP contribution in [0.2, 0.25) is 0 Å². The van der Waals surface area contributed by atoms with Gasteiger partial charge in [0.25, 0.3) is 0 Å². The fourth-order valence-corrected chi connectivity index (χ4v) is 2.90. The number of rotatable bonds is 5. The molecule has 7 nitrogen and oxygen atoms in total. The highest BCUT2D eigenvalue weighted by Gasteiger charge is 2.23. The van der Waals surface area contributed by atoms with Crippen molar-refractivity contribution in [3.63, 3.8) is 0 Å². The Hall–Kier alpha value is -2.64. The summed E-state index contributed by atoms with van der Waals surface area (Å²) >= 11 is 0. The number of piperazine rings is 1. The molecule has 1 unspecified atom stereocenters. The Labute approximate surface area is 146 Å². The van der Waals surface area contributed by atoms with Gasteiger partial charge in [0.1, 0.15) is 0 Å². The minimum absolute atomic E-state index is 0.0755. The van der Waals surface area contributed by atoms with E-state index in [1.54, 1.807) is 23.4 Å². The number of carbonyl (C=O) groups is 1. The average Bonchev–Trinajstić information content (AvgIpc) is 3.13. The zero-order valence-corrected chi connectivity index (χ0v) is 14.3. The van der Waals surface area contributed by atoms with Crippen LogP contribution in [0.4, 0.5) is 15.0 Å². The molecule has 1 N–H and O–H groups in total. The Bertz CT molecular complexity index is 684. The lowest BCUT2D eigenvalue weighted by atomic mass is 10.2. The van der Waals surface area contributed by atoms with Crippen LogP contribution >= 0.6 is 0 Å². The van der Waals surface area contributed by atoms with Gasteiger partial charge in [-0.3, -0.25) is 4.68 Å². The SMILES string of the molecule is CC(CNC(=O)N1CCN(c2ncccc2F)CC1)Cn1cccn1. The summed E-state index contributed by atoms with van der Waals surface area (Å²) in [6, 6.07) is 4.79. The standard InChI is InChI=1S/C17H23FN6O/c1-14(13-24-7-3-6-21-24)12-20-17(25)23-10-8-22(9-11-23)16-15(18)4-2-5-19-16/h2-7,14H,8-13H2,1H3,(H,20,25). The largest absolute Gasteiger partial charge is 0.351 e. The molecular formula is C17H23FN6O. The predicted molar refractivity (Wildman–Crippen MR) is 92.8 cm³/mol. The summed E-state index contributed by atoms with van der Waals surface area (Å²) in [5, 5.41) is 7.14. The van der Waals surface area contributed by atoms with E-state index in [4.69, 9.17) is 0 Å². The Morgan fingerprint density at radius 1 is 1.28 bits per heavy atom. The van der Waals surface area contributed by atoms with Gasteiger partial charge in [-0.05, 0) is 24.1 Å². The monoisotopic (exact) mass is 346 g/mol. The number of carbonyl (C=O) groups excluding carboxylic acids is 1. The average molecular weight is 346 g/mol. The minimum Gasteiger partial charge on any atom is -0.351 e. The summed E-state index contributed by atoms with van der Waals surface area (Å²) in [6.07, 6.45) is 5.24. The van der Waals surface area contributed by atoms with Crippen molar-refractivity contribution in [2.45, 2.75) is 13.5 Å². The molecule has 1 aliphatic rings. The molecule has 1 fully saturated rings. The normalized spacial score (nSPS) is 15.9. The molecule has 2 amide bonds. The molecule has 3 rings (SSSR count). The van der Waals surface area contributed by atoms with Crippen LogP contribution in [0.1, 0.15) is 6.92 Å². The summed E-state index contributed by atoms with van der Waals surface area (Å²) in [5.74, 6) is 0.316. The van der Waals surface area contributed by atoms with Crippen molar-refractivity contribution in [3.8, 4) is 0 Å². The molecule has 134 valence electrons. The van der Waals surface area contributed by atoms with Crippen molar-refractivity contribution in [1.29, 1.82) is 0 Å².